The van der Waals surface area contributed by atoms with Gasteiger partial charge in [0.2, 0.25) is 0 Å². The minimum absolute atomic E-state index is 0.278. The van der Waals surface area contributed by atoms with Crippen LogP contribution in [0.25, 0.3) is 0 Å². The molecule has 2 amide bonds. The molecule has 192 valence electrons. The molecule has 2 aliphatic heterocycles. The number of aliphatic hydroxyl groups excluding tert-OH is 2. The van der Waals surface area contributed by atoms with Crippen molar-refractivity contribution in [2.75, 3.05) is 43.4 Å². The molecule has 0 saturated carbocycles. The lowest BCUT2D eigenvalue weighted by Gasteiger charge is -2.37. The van der Waals surface area contributed by atoms with Gasteiger partial charge in [-0.15, -0.1) is 11.8 Å². The number of aryl methyl sites for hydroxylation is 1. The van der Waals surface area contributed by atoms with E-state index in [4.69, 9.17) is 11.6 Å². The first-order valence-electron chi connectivity index (χ1n) is 12.2. The predicted molar refractivity (Wildman–Crippen MR) is 144 cm³/mol. The number of para-hydroxylation sites is 1. The number of hydrogen-bond donors (Lipinski definition) is 3. The zero-order chi connectivity index (χ0) is 25.5. The molecule has 0 bridgehead atoms. The molecule has 0 aliphatic carbocycles. The third-order valence-electron chi connectivity index (χ3n) is 6.59. The fourth-order valence-electron chi connectivity index (χ4n) is 4.47. The maximum atomic E-state index is 12.7. The second-order valence-electron chi connectivity index (χ2n) is 9.10. The number of nitrogens with zero attached hydrogens (tertiary/aromatic N) is 2. The predicted octanol–water partition coefficient (Wildman–Crippen LogP) is 2.71. The Labute approximate surface area is 221 Å². The summed E-state index contributed by atoms with van der Waals surface area (Å²) < 4.78 is 0. The summed E-state index contributed by atoms with van der Waals surface area (Å²) in [6, 6.07) is 17.9. The third-order valence-corrected chi connectivity index (χ3v) is 8.16. The molecule has 1 unspecified atom stereocenters. The summed E-state index contributed by atoms with van der Waals surface area (Å²) in [7, 11) is 0. The first-order chi connectivity index (χ1) is 17.4. The molecule has 0 aromatic heterocycles. The van der Waals surface area contributed by atoms with Gasteiger partial charge in [0.15, 0.2) is 12.2 Å². The Hall–Kier alpha value is -2.52. The van der Waals surface area contributed by atoms with Gasteiger partial charge in [-0.3, -0.25) is 9.59 Å². The number of nitrogens with one attached hydrogen (secondary N) is 1. The molecule has 2 heterocycles. The number of hydrogen-bond acceptors (Lipinski definition) is 6. The smallest absolute Gasteiger partial charge is 0.254 e. The standard InChI is InChI=1S/C27H32ClN3O4S/c28-22-8-4-5-9-23(22)30-12-14-31(15-13-30)27(35)25(33)24(32)26(34)29-17-21-16-20(18-36-21)11-10-19-6-2-1-3-7-19/h1-9,16,20,24-25,32-33H,10-15,17-18H2,(H,29,34)/t20?,24-,25-/m1/s1. The first kappa shape index (κ1) is 26.5. The zero-order valence-electron chi connectivity index (χ0n) is 20.1. The molecule has 0 spiro atoms. The quantitative estimate of drug-likeness (QED) is 0.462. The van der Waals surface area contributed by atoms with Gasteiger partial charge in [-0.1, -0.05) is 60.1 Å². The van der Waals surface area contributed by atoms with Gasteiger partial charge in [0.1, 0.15) is 0 Å². The minimum Gasteiger partial charge on any atom is -0.380 e. The molecule has 0 radical (unpaired) electrons. The Bertz CT molecular complexity index is 1080. The normalized spacial score (nSPS) is 19.5. The molecule has 3 atom stereocenters. The molecule has 36 heavy (non-hydrogen) atoms. The fraction of sp³-hybridized carbons (Fsp3) is 0.407. The van der Waals surface area contributed by atoms with Crippen molar-refractivity contribution in [3.63, 3.8) is 0 Å². The minimum atomic E-state index is -1.82. The zero-order valence-corrected chi connectivity index (χ0v) is 21.6. The van der Waals surface area contributed by atoms with Crippen LogP contribution in [-0.4, -0.2) is 77.6 Å². The fourth-order valence-corrected chi connectivity index (χ4v) is 5.88. The van der Waals surface area contributed by atoms with Crippen LogP contribution in [0.2, 0.25) is 5.02 Å². The summed E-state index contributed by atoms with van der Waals surface area (Å²) in [6.45, 7) is 2.09. The molecule has 2 aromatic rings. The van der Waals surface area contributed by atoms with Gasteiger partial charge in [-0.25, -0.2) is 0 Å². The highest BCUT2D eigenvalue weighted by Gasteiger charge is 2.35. The molecule has 1 saturated heterocycles. The van der Waals surface area contributed by atoms with Crippen LogP contribution in [0.5, 0.6) is 0 Å². The van der Waals surface area contributed by atoms with Crippen LogP contribution in [0.4, 0.5) is 5.69 Å². The number of piperazine rings is 1. The van der Waals surface area contributed by atoms with Crippen molar-refractivity contribution in [1.82, 2.24) is 10.2 Å². The number of amides is 2. The summed E-state index contributed by atoms with van der Waals surface area (Å²) >= 11 is 7.95. The Balaban J connectivity index is 1.20. The maximum Gasteiger partial charge on any atom is 0.254 e. The van der Waals surface area contributed by atoms with Crippen LogP contribution in [0.3, 0.4) is 0 Å². The number of benzene rings is 2. The van der Waals surface area contributed by atoms with E-state index in [1.165, 1.54) is 10.5 Å². The molecule has 4 rings (SSSR count). The van der Waals surface area contributed by atoms with E-state index in [2.05, 4.69) is 28.4 Å². The average molecular weight is 530 g/mol. The highest BCUT2D eigenvalue weighted by molar-refractivity contribution is 8.03. The SMILES string of the molecule is O=C(NCC1=CC(CCc2ccccc2)CS1)[C@H](O)[C@@H](O)C(=O)N1CCN(c2ccccc2Cl)CC1. The molecule has 3 N–H and O–H groups in total. The van der Waals surface area contributed by atoms with E-state index in [0.29, 0.717) is 37.1 Å². The van der Waals surface area contributed by atoms with Gasteiger partial charge in [-0.05, 0) is 36.5 Å². The van der Waals surface area contributed by atoms with E-state index in [0.717, 1.165) is 29.2 Å². The highest BCUT2D eigenvalue weighted by Crippen LogP contribution is 2.31. The number of allylic oxidation sites excluding steroid dienone is 1. The average Bonchev–Trinajstić information content (AvgIpc) is 3.38. The lowest BCUT2D eigenvalue weighted by atomic mass is 10.0. The maximum absolute atomic E-state index is 12.7. The summed E-state index contributed by atoms with van der Waals surface area (Å²) in [6.07, 6.45) is 0.580. The van der Waals surface area contributed by atoms with Crippen molar-refractivity contribution in [3.8, 4) is 0 Å². The second-order valence-corrected chi connectivity index (χ2v) is 10.7. The molecule has 1 fully saturated rings. The molecular formula is C27H32ClN3O4S. The number of rotatable bonds is 9. The largest absolute Gasteiger partial charge is 0.380 e. The Morgan fingerprint density at radius 3 is 2.42 bits per heavy atom. The molecule has 7 nitrogen and oxygen atoms in total. The van der Waals surface area contributed by atoms with Crippen LogP contribution >= 0.6 is 23.4 Å². The highest BCUT2D eigenvalue weighted by atomic mass is 35.5. The van der Waals surface area contributed by atoms with Crippen molar-refractivity contribution in [2.45, 2.75) is 25.0 Å². The molecule has 2 aromatic carbocycles. The number of carbonyl (C=O) groups is 2. The van der Waals surface area contributed by atoms with E-state index in [-0.39, 0.29) is 6.54 Å². The summed E-state index contributed by atoms with van der Waals surface area (Å²) in [4.78, 5) is 29.7. The van der Waals surface area contributed by atoms with E-state index in [1.54, 1.807) is 11.8 Å². The summed E-state index contributed by atoms with van der Waals surface area (Å²) in [5, 5.41) is 24.0. The van der Waals surface area contributed by atoms with Gasteiger partial charge < -0.3 is 25.3 Å². The Morgan fingerprint density at radius 1 is 1.00 bits per heavy atom. The van der Waals surface area contributed by atoms with E-state index in [9.17, 15) is 19.8 Å². The van der Waals surface area contributed by atoms with Crippen molar-refractivity contribution in [3.05, 3.63) is 76.2 Å². The lowest BCUT2D eigenvalue weighted by Crippen LogP contribution is -2.55. The van der Waals surface area contributed by atoms with Crippen LogP contribution in [0.1, 0.15) is 12.0 Å². The van der Waals surface area contributed by atoms with E-state index < -0.39 is 24.0 Å². The molecule has 2 aliphatic rings. The Morgan fingerprint density at radius 2 is 1.69 bits per heavy atom. The number of anilines is 1. The molecular weight excluding hydrogens is 498 g/mol. The Kier molecular flexibility index (Phi) is 9.31. The van der Waals surface area contributed by atoms with Crippen molar-refractivity contribution < 1.29 is 19.8 Å². The number of carbonyl (C=O) groups excluding carboxylic acids is 2. The summed E-state index contributed by atoms with van der Waals surface area (Å²) in [5.41, 5.74) is 2.21. The summed E-state index contributed by atoms with van der Waals surface area (Å²) in [5.74, 6) is -0.00248. The number of aliphatic hydroxyl groups is 2. The van der Waals surface area contributed by atoms with Crippen molar-refractivity contribution in [2.24, 2.45) is 5.92 Å². The van der Waals surface area contributed by atoms with Gasteiger partial charge in [0, 0.05) is 43.4 Å². The van der Waals surface area contributed by atoms with Crippen LogP contribution in [0.15, 0.2) is 65.6 Å². The van der Waals surface area contributed by atoms with Crippen molar-refractivity contribution >= 4 is 40.9 Å². The van der Waals surface area contributed by atoms with Crippen molar-refractivity contribution in [1.29, 1.82) is 0 Å². The second kappa shape index (κ2) is 12.6. The van der Waals surface area contributed by atoms with E-state index >= 15 is 0 Å². The van der Waals surface area contributed by atoms with Gasteiger partial charge >= 0.3 is 0 Å². The van der Waals surface area contributed by atoms with Crippen LogP contribution in [0, 0.1) is 5.92 Å². The topological polar surface area (TPSA) is 93.1 Å². The van der Waals surface area contributed by atoms with Crippen LogP contribution < -0.4 is 10.2 Å². The van der Waals surface area contributed by atoms with Crippen LogP contribution in [-0.2, 0) is 16.0 Å². The third kappa shape index (κ3) is 6.82. The van der Waals surface area contributed by atoms with Gasteiger partial charge in [-0.2, -0.15) is 0 Å². The first-order valence-corrected chi connectivity index (χ1v) is 13.6. The monoisotopic (exact) mass is 529 g/mol. The van der Waals surface area contributed by atoms with E-state index in [1.807, 2.05) is 42.5 Å². The lowest BCUT2D eigenvalue weighted by molar-refractivity contribution is -0.153. The van der Waals surface area contributed by atoms with Gasteiger partial charge in [0.25, 0.3) is 11.8 Å². The van der Waals surface area contributed by atoms with Gasteiger partial charge in [0.05, 0.1) is 10.7 Å². The number of halogens is 1. The molecule has 9 heteroatoms. The number of thioether (sulfide) groups is 1.